The lowest BCUT2D eigenvalue weighted by atomic mass is 10.2. The molecule has 0 spiro atoms. The van der Waals surface area contributed by atoms with Crippen LogP contribution in [0.3, 0.4) is 0 Å². The third-order valence-corrected chi connectivity index (χ3v) is 2.90. The van der Waals surface area contributed by atoms with Gasteiger partial charge in [0.05, 0.1) is 4.92 Å². The third kappa shape index (κ3) is 3.61. The van der Waals surface area contributed by atoms with Crippen LogP contribution in [0, 0.1) is 10.1 Å². The van der Waals surface area contributed by atoms with E-state index in [0.717, 1.165) is 25.8 Å². The maximum Gasteiger partial charge on any atom is 0.270 e. The van der Waals surface area contributed by atoms with Gasteiger partial charge in [0.2, 0.25) is 0 Å². The van der Waals surface area contributed by atoms with Crippen molar-refractivity contribution in [3.8, 4) is 11.4 Å². The third-order valence-electron chi connectivity index (χ3n) is 2.90. The van der Waals surface area contributed by atoms with Gasteiger partial charge in [0, 0.05) is 30.8 Å². The quantitative estimate of drug-likeness (QED) is 0.474. The molecule has 7 heteroatoms. The van der Waals surface area contributed by atoms with Crippen LogP contribution < -0.4 is 0 Å². The van der Waals surface area contributed by atoms with Crippen LogP contribution in [0.2, 0.25) is 0 Å². The van der Waals surface area contributed by atoms with E-state index in [4.69, 9.17) is 5.11 Å². The molecule has 0 amide bonds. The van der Waals surface area contributed by atoms with Gasteiger partial charge in [-0.2, -0.15) is 5.10 Å². The molecule has 0 aliphatic rings. The maximum atomic E-state index is 10.7. The van der Waals surface area contributed by atoms with E-state index in [1.807, 2.05) is 0 Å². The van der Waals surface area contributed by atoms with Gasteiger partial charge in [-0.15, -0.1) is 0 Å². The van der Waals surface area contributed by atoms with Gasteiger partial charge in [0.1, 0.15) is 6.33 Å². The summed E-state index contributed by atoms with van der Waals surface area (Å²) in [6.45, 7) is 0.929. The van der Waals surface area contributed by atoms with Crippen LogP contribution in [0.15, 0.2) is 30.6 Å². The predicted octanol–water partition coefficient (Wildman–Crippen LogP) is 2.02. The van der Waals surface area contributed by atoms with E-state index in [9.17, 15) is 10.1 Å². The molecule has 1 aromatic heterocycles. The number of aliphatic hydroxyl groups is 1. The highest BCUT2D eigenvalue weighted by molar-refractivity contribution is 5.58. The molecule has 0 saturated heterocycles. The Hall–Kier alpha value is -2.28. The number of benzene rings is 1. The van der Waals surface area contributed by atoms with E-state index in [1.54, 1.807) is 23.1 Å². The van der Waals surface area contributed by atoms with Gasteiger partial charge in [-0.25, -0.2) is 4.98 Å². The van der Waals surface area contributed by atoms with Crippen LogP contribution in [0.5, 0.6) is 0 Å². The van der Waals surface area contributed by atoms with Crippen molar-refractivity contribution in [3.05, 3.63) is 40.7 Å². The summed E-state index contributed by atoms with van der Waals surface area (Å²) in [6, 6.07) is 6.27. The highest BCUT2D eigenvalue weighted by atomic mass is 16.6. The van der Waals surface area contributed by atoms with Crippen LogP contribution >= 0.6 is 0 Å². The molecule has 0 fully saturated rings. The van der Waals surface area contributed by atoms with Gasteiger partial charge < -0.3 is 5.11 Å². The first kappa shape index (κ1) is 14.1. The first-order chi connectivity index (χ1) is 9.70. The minimum Gasteiger partial charge on any atom is -0.396 e. The second-order valence-electron chi connectivity index (χ2n) is 4.42. The van der Waals surface area contributed by atoms with Crippen molar-refractivity contribution in [2.24, 2.45) is 0 Å². The average Bonchev–Trinajstić information content (AvgIpc) is 2.92. The molecule has 0 radical (unpaired) electrons. The predicted molar refractivity (Wildman–Crippen MR) is 73.0 cm³/mol. The summed E-state index contributed by atoms with van der Waals surface area (Å²) in [5.41, 5.74) is 0.662. The zero-order valence-electron chi connectivity index (χ0n) is 11.0. The molecule has 20 heavy (non-hydrogen) atoms. The van der Waals surface area contributed by atoms with Gasteiger partial charge >= 0.3 is 0 Å². The lowest BCUT2D eigenvalue weighted by Gasteiger charge is -1.99. The van der Waals surface area contributed by atoms with Crippen molar-refractivity contribution >= 4 is 5.69 Å². The van der Waals surface area contributed by atoms with E-state index >= 15 is 0 Å². The van der Waals surface area contributed by atoms with E-state index < -0.39 is 4.92 Å². The van der Waals surface area contributed by atoms with Gasteiger partial charge in [-0.05, 0) is 19.3 Å². The zero-order valence-corrected chi connectivity index (χ0v) is 11.0. The number of aromatic nitrogens is 3. The molecule has 0 aliphatic carbocycles. The number of aryl methyl sites for hydroxylation is 1. The number of nitro groups is 1. The Morgan fingerprint density at radius 2 is 2.15 bits per heavy atom. The van der Waals surface area contributed by atoms with Gasteiger partial charge in [0.15, 0.2) is 5.82 Å². The number of hydrogen-bond donors (Lipinski definition) is 1. The summed E-state index contributed by atoms with van der Waals surface area (Å²) >= 11 is 0. The fourth-order valence-electron chi connectivity index (χ4n) is 1.86. The topological polar surface area (TPSA) is 94.1 Å². The number of aliphatic hydroxyl groups excluding tert-OH is 1. The molecule has 7 nitrogen and oxygen atoms in total. The summed E-state index contributed by atoms with van der Waals surface area (Å²) < 4.78 is 1.71. The Labute approximate surface area is 116 Å². The highest BCUT2D eigenvalue weighted by Gasteiger charge is 2.10. The Bertz CT molecular complexity index is 583. The van der Waals surface area contributed by atoms with Gasteiger partial charge in [-0.3, -0.25) is 14.8 Å². The molecule has 0 bridgehead atoms. The maximum absolute atomic E-state index is 10.7. The molecule has 2 aromatic rings. The van der Waals surface area contributed by atoms with Gasteiger partial charge in [-0.1, -0.05) is 12.1 Å². The zero-order chi connectivity index (χ0) is 14.4. The molecule has 106 valence electrons. The SMILES string of the molecule is O=[N+]([O-])c1cccc(-c2ncn(CCCCCO)n2)c1. The molecular formula is C13H16N4O3. The first-order valence-corrected chi connectivity index (χ1v) is 6.46. The number of non-ortho nitro benzene ring substituents is 1. The molecule has 1 heterocycles. The fourth-order valence-corrected chi connectivity index (χ4v) is 1.86. The highest BCUT2D eigenvalue weighted by Crippen LogP contribution is 2.20. The minimum atomic E-state index is -0.435. The second kappa shape index (κ2) is 6.76. The number of nitro benzene ring substituents is 1. The van der Waals surface area contributed by atoms with E-state index in [0.29, 0.717) is 11.4 Å². The molecule has 1 N–H and O–H groups in total. The standard InChI is InChI=1S/C13H16N4O3/c18-8-3-1-2-7-16-10-14-13(15-16)11-5-4-6-12(9-11)17(19)20/h4-6,9-10,18H,1-3,7-8H2. The number of hydrogen-bond acceptors (Lipinski definition) is 5. The van der Waals surface area contributed by atoms with Gasteiger partial charge in [0.25, 0.3) is 5.69 Å². The van der Waals surface area contributed by atoms with Crippen LogP contribution in [0.4, 0.5) is 5.69 Å². The monoisotopic (exact) mass is 276 g/mol. The molecular weight excluding hydrogens is 260 g/mol. The summed E-state index contributed by atoms with van der Waals surface area (Å²) in [7, 11) is 0. The Kier molecular flexibility index (Phi) is 4.78. The lowest BCUT2D eigenvalue weighted by molar-refractivity contribution is -0.384. The molecule has 1 aromatic carbocycles. The second-order valence-corrected chi connectivity index (χ2v) is 4.42. The first-order valence-electron chi connectivity index (χ1n) is 6.46. The van der Waals surface area contributed by atoms with Crippen LogP contribution in [-0.4, -0.2) is 31.4 Å². The molecule has 0 aliphatic heterocycles. The lowest BCUT2D eigenvalue weighted by Crippen LogP contribution is -1.99. The van der Waals surface area contributed by atoms with Crippen molar-refractivity contribution < 1.29 is 10.0 Å². The summed E-state index contributed by atoms with van der Waals surface area (Å²) in [6.07, 6.45) is 4.25. The van der Waals surface area contributed by atoms with Crippen LogP contribution in [0.1, 0.15) is 19.3 Å². The molecule has 0 saturated carbocycles. The molecule has 0 unspecified atom stereocenters. The number of rotatable bonds is 7. The Morgan fingerprint density at radius 3 is 2.90 bits per heavy atom. The molecule has 0 atom stereocenters. The van der Waals surface area contributed by atoms with Crippen molar-refractivity contribution in [3.63, 3.8) is 0 Å². The van der Waals surface area contributed by atoms with Crippen molar-refractivity contribution in [1.82, 2.24) is 14.8 Å². The van der Waals surface area contributed by atoms with E-state index in [-0.39, 0.29) is 12.3 Å². The largest absolute Gasteiger partial charge is 0.396 e. The van der Waals surface area contributed by atoms with Crippen LogP contribution in [0.25, 0.3) is 11.4 Å². The molecule has 2 rings (SSSR count). The van der Waals surface area contributed by atoms with Crippen molar-refractivity contribution in [2.75, 3.05) is 6.61 Å². The normalized spacial score (nSPS) is 10.7. The van der Waals surface area contributed by atoms with E-state index in [2.05, 4.69) is 10.1 Å². The van der Waals surface area contributed by atoms with Crippen molar-refractivity contribution in [1.29, 1.82) is 0 Å². The van der Waals surface area contributed by atoms with Crippen molar-refractivity contribution in [2.45, 2.75) is 25.8 Å². The number of nitrogens with zero attached hydrogens (tertiary/aromatic N) is 4. The average molecular weight is 276 g/mol. The minimum absolute atomic E-state index is 0.0294. The Balaban J connectivity index is 2.04. The summed E-state index contributed by atoms with van der Waals surface area (Å²) in [4.78, 5) is 14.5. The smallest absolute Gasteiger partial charge is 0.270 e. The van der Waals surface area contributed by atoms with E-state index in [1.165, 1.54) is 12.1 Å². The summed E-state index contributed by atoms with van der Waals surface area (Å²) in [5, 5.41) is 23.7. The number of unbranched alkanes of at least 4 members (excludes halogenated alkanes) is 2. The Morgan fingerprint density at radius 1 is 1.30 bits per heavy atom. The fraction of sp³-hybridized carbons (Fsp3) is 0.385. The summed E-state index contributed by atoms with van der Waals surface area (Å²) in [5.74, 6) is 0.482. The van der Waals surface area contributed by atoms with Crippen LogP contribution in [-0.2, 0) is 6.54 Å².